The Morgan fingerprint density at radius 3 is 2.40 bits per heavy atom. The minimum Gasteiger partial charge on any atom is -0.384 e. The van der Waals surface area contributed by atoms with E-state index in [2.05, 4.69) is 38.3 Å². The van der Waals surface area contributed by atoms with Crippen LogP contribution in [0.1, 0.15) is 62.9 Å². The zero-order chi connectivity index (χ0) is 14.9. The zero-order valence-electron chi connectivity index (χ0n) is 13.2. The average Bonchev–Trinajstić information content (AvgIpc) is 2.91. The smallest absolute Gasteiger partial charge is 0.122 e. The summed E-state index contributed by atoms with van der Waals surface area (Å²) in [5, 5.41) is 9.36. The second-order valence-corrected chi connectivity index (χ2v) is 7.77. The molecule has 2 N–H and O–H groups in total. The van der Waals surface area contributed by atoms with Crippen molar-refractivity contribution in [2.45, 2.75) is 59.9 Å². The van der Waals surface area contributed by atoms with E-state index in [1.165, 1.54) is 25.0 Å². The zero-order valence-corrected chi connectivity index (χ0v) is 13.2. The second kappa shape index (κ2) is 3.81. The molecular formula is C17H25N3. The molecule has 0 spiro atoms. The van der Waals surface area contributed by atoms with E-state index in [-0.39, 0.29) is 5.41 Å². The van der Waals surface area contributed by atoms with E-state index >= 15 is 0 Å². The highest BCUT2D eigenvalue weighted by atomic mass is 15.1. The molecular weight excluding hydrogens is 246 g/mol. The highest BCUT2D eigenvalue weighted by Crippen LogP contribution is 2.68. The van der Waals surface area contributed by atoms with E-state index in [0.717, 1.165) is 11.5 Å². The van der Waals surface area contributed by atoms with Gasteiger partial charge in [0.15, 0.2) is 0 Å². The van der Waals surface area contributed by atoms with Crippen LogP contribution in [-0.4, -0.2) is 4.57 Å². The number of hydrogen-bond acceptors (Lipinski definition) is 2. The van der Waals surface area contributed by atoms with Gasteiger partial charge in [0, 0.05) is 11.7 Å². The Balaban J connectivity index is 2.22. The molecule has 1 aromatic heterocycles. The quantitative estimate of drug-likeness (QED) is 0.841. The molecule has 3 nitrogen and oxygen atoms in total. The third-order valence-electron chi connectivity index (χ3n) is 6.36. The Kier molecular flexibility index (Phi) is 2.58. The van der Waals surface area contributed by atoms with Crippen LogP contribution < -0.4 is 5.73 Å². The first kappa shape index (κ1) is 13.5. The molecule has 0 saturated heterocycles. The van der Waals surface area contributed by atoms with E-state index in [4.69, 9.17) is 5.73 Å². The van der Waals surface area contributed by atoms with Crippen LogP contribution in [0.3, 0.4) is 0 Å². The monoisotopic (exact) mass is 271 g/mol. The molecule has 2 fully saturated rings. The molecule has 2 bridgehead atoms. The van der Waals surface area contributed by atoms with Gasteiger partial charge in [0.2, 0.25) is 0 Å². The summed E-state index contributed by atoms with van der Waals surface area (Å²) < 4.78 is 2.28. The third-order valence-corrected chi connectivity index (χ3v) is 6.36. The van der Waals surface area contributed by atoms with Gasteiger partial charge in [-0.1, -0.05) is 20.8 Å². The van der Waals surface area contributed by atoms with Crippen LogP contribution in [-0.2, 0) is 0 Å². The van der Waals surface area contributed by atoms with Crippen molar-refractivity contribution in [1.82, 2.24) is 4.57 Å². The molecule has 3 atom stereocenters. The third kappa shape index (κ3) is 1.40. The number of aromatic nitrogens is 1. The minimum atomic E-state index is 0.254. The summed E-state index contributed by atoms with van der Waals surface area (Å²) in [6.07, 6.45) is 3.91. The molecule has 3 heteroatoms. The van der Waals surface area contributed by atoms with Crippen molar-refractivity contribution in [1.29, 1.82) is 5.26 Å². The molecule has 2 aliphatic rings. The lowest BCUT2D eigenvalue weighted by molar-refractivity contribution is 0.0838. The van der Waals surface area contributed by atoms with Gasteiger partial charge >= 0.3 is 0 Å². The fourth-order valence-electron chi connectivity index (χ4n) is 5.25. The lowest BCUT2D eigenvalue weighted by Crippen LogP contribution is -2.38. The van der Waals surface area contributed by atoms with Crippen LogP contribution in [0.5, 0.6) is 0 Å². The standard InChI is InChI=1S/C17H25N3/c1-10-11(2)20(14(19)13(10)9-18)15-16(3,4)12-6-7-17(15,5)8-12/h12,15H,6-8,19H2,1-5H3. The maximum absolute atomic E-state index is 9.36. The van der Waals surface area contributed by atoms with Crippen LogP contribution in [0.4, 0.5) is 5.82 Å². The molecule has 2 saturated carbocycles. The van der Waals surface area contributed by atoms with Gasteiger partial charge in [-0.3, -0.25) is 0 Å². The molecule has 0 amide bonds. The van der Waals surface area contributed by atoms with Gasteiger partial charge in [0.05, 0.1) is 5.56 Å². The van der Waals surface area contributed by atoms with Crippen LogP contribution >= 0.6 is 0 Å². The van der Waals surface area contributed by atoms with Crippen molar-refractivity contribution in [2.24, 2.45) is 16.7 Å². The second-order valence-electron chi connectivity index (χ2n) is 7.77. The molecule has 0 radical (unpaired) electrons. The summed E-state index contributed by atoms with van der Waals surface area (Å²) in [6, 6.07) is 2.70. The molecule has 0 aromatic carbocycles. The van der Waals surface area contributed by atoms with E-state index in [1.807, 2.05) is 6.92 Å². The minimum absolute atomic E-state index is 0.254. The van der Waals surface area contributed by atoms with E-state index in [1.54, 1.807) is 0 Å². The molecule has 2 aliphatic carbocycles. The number of nitrogen functional groups attached to an aromatic ring is 1. The Morgan fingerprint density at radius 1 is 1.30 bits per heavy atom. The van der Waals surface area contributed by atoms with Gasteiger partial charge in [0.25, 0.3) is 0 Å². The van der Waals surface area contributed by atoms with Gasteiger partial charge in [-0.25, -0.2) is 0 Å². The molecule has 108 valence electrons. The summed E-state index contributed by atoms with van der Waals surface area (Å²) in [4.78, 5) is 0. The predicted octanol–water partition coefficient (Wildman–Crippen LogP) is 3.95. The fourth-order valence-corrected chi connectivity index (χ4v) is 5.25. The summed E-state index contributed by atoms with van der Waals surface area (Å²) in [5.74, 6) is 1.46. The van der Waals surface area contributed by atoms with Gasteiger partial charge in [0.1, 0.15) is 11.9 Å². The van der Waals surface area contributed by atoms with Crippen LogP contribution in [0.25, 0.3) is 0 Å². The topological polar surface area (TPSA) is 54.7 Å². The maximum atomic E-state index is 9.36. The van der Waals surface area contributed by atoms with Crippen molar-refractivity contribution in [3.63, 3.8) is 0 Å². The molecule has 1 heterocycles. The lowest BCUT2D eigenvalue weighted by atomic mass is 9.68. The lowest BCUT2D eigenvalue weighted by Gasteiger charge is -2.44. The van der Waals surface area contributed by atoms with E-state index in [0.29, 0.717) is 22.8 Å². The number of nitrogens with zero attached hydrogens (tertiary/aromatic N) is 2. The Labute approximate surface area is 121 Å². The molecule has 3 rings (SSSR count). The van der Waals surface area contributed by atoms with E-state index < -0.39 is 0 Å². The van der Waals surface area contributed by atoms with Crippen molar-refractivity contribution in [3.05, 3.63) is 16.8 Å². The van der Waals surface area contributed by atoms with Crippen LogP contribution in [0.2, 0.25) is 0 Å². The van der Waals surface area contributed by atoms with Crippen LogP contribution in [0.15, 0.2) is 0 Å². The van der Waals surface area contributed by atoms with Gasteiger partial charge in [-0.05, 0) is 55.4 Å². The van der Waals surface area contributed by atoms with Gasteiger partial charge in [-0.2, -0.15) is 5.26 Å². The first-order chi connectivity index (χ1) is 9.24. The van der Waals surface area contributed by atoms with E-state index in [9.17, 15) is 5.26 Å². The Morgan fingerprint density at radius 2 is 1.95 bits per heavy atom. The Bertz CT molecular complexity index is 612. The number of hydrogen-bond donors (Lipinski definition) is 1. The number of nitriles is 1. The van der Waals surface area contributed by atoms with Crippen molar-refractivity contribution in [2.75, 3.05) is 5.73 Å². The first-order valence-electron chi connectivity index (χ1n) is 7.61. The number of anilines is 1. The maximum Gasteiger partial charge on any atom is 0.122 e. The normalized spacial score (nSPS) is 34.4. The largest absolute Gasteiger partial charge is 0.384 e. The highest BCUT2D eigenvalue weighted by molar-refractivity contribution is 5.58. The predicted molar refractivity (Wildman–Crippen MR) is 81.3 cm³/mol. The van der Waals surface area contributed by atoms with Gasteiger partial charge in [-0.15, -0.1) is 0 Å². The highest BCUT2D eigenvalue weighted by Gasteiger charge is 2.60. The SMILES string of the molecule is Cc1c(C#N)c(N)n(C2C3(C)CCC(C3)C2(C)C)c1C. The summed E-state index contributed by atoms with van der Waals surface area (Å²) in [5.41, 5.74) is 9.82. The summed E-state index contributed by atoms with van der Waals surface area (Å²) in [7, 11) is 0. The van der Waals surface area contributed by atoms with Gasteiger partial charge < -0.3 is 10.3 Å². The summed E-state index contributed by atoms with van der Waals surface area (Å²) >= 11 is 0. The molecule has 0 aliphatic heterocycles. The molecule has 3 unspecified atom stereocenters. The first-order valence-corrected chi connectivity index (χ1v) is 7.61. The Hall–Kier alpha value is -1.43. The molecule has 20 heavy (non-hydrogen) atoms. The average molecular weight is 271 g/mol. The number of rotatable bonds is 1. The van der Waals surface area contributed by atoms with Crippen molar-refractivity contribution >= 4 is 5.82 Å². The van der Waals surface area contributed by atoms with Crippen molar-refractivity contribution < 1.29 is 0 Å². The summed E-state index contributed by atoms with van der Waals surface area (Å²) in [6.45, 7) is 11.3. The number of nitrogens with two attached hydrogens (primary N) is 1. The van der Waals surface area contributed by atoms with Crippen LogP contribution in [0, 0.1) is 41.9 Å². The number of fused-ring (bicyclic) bond motifs is 2. The fraction of sp³-hybridized carbons (Fsp3) is 0.706. The van der Waals surface area contributed by atoms with Crippen molar-refractivity contribution in [3.8, 4) is 6.07 Å². The molecule has 1 aromatic rings.